The molecule has 0 unspecified atom stereocenters. The number of aliphatic carboxylic acids is 2. The van der Waals surface area contributed by atoms with Gasteiger partial charge in [0.2, 0.25) is 10.0 Å². The highest BCUT2D eigenvalue weighted by Crippen LogP contribution is 2.25. The number of non-ortho nitro benzene ring substituents is 1. The number of sulfonamides is 1. The molecule has 1 heterocycles. The molecular weight excluding hydrogens is 442 g/mol. The number of hydrogen-bond donors (Lipinski definition) is 2. The quantitative estimate of drug-likeness (QED) is 0.381. The first-order chi connectivity index (χ1) is 15.1. The Morgan fingerprint density at radius 2 is 1.34 bits per heavy atom. The molecule has 32 heavy (non-hydrogen) atoms. The van der Waals surface area contributed by atoms with Crippen molar-refractivity contribution in [2.75, 3.05) is 26.2 Å². The molecule has 12 heteroatoms. The molecule has 1 aliphatic heterocycles. The number of rotatable bonds is 4. The highest BCUT2D eigenvalue weighted by Gasteiger charge is 2.31. The first-order valence-corrected chi connectivity index (χ1v) is 12.0. The van der Waals surface area contributed by atoms with Gasteiger partial charge >= 0.3 is 11.9 Å². The fraction of sp³-hybridized carbons (Fsp3) is 0.600. The normalized spacial score (nSPS) is 19.1. The molecule has 3 rings (SSSR count). The zero-order chi connectivity index (χ0) is 23.7. The molecule has 0 aromatic heterocycles. The number of carboxylic acids is 2. The van der Waals surface area contributed by atoms with Crippen LogP contribution in [0.1, 0.15) is 44.9 Å². The van der Waals surface area contributed by atoms with Gasteiger partial charge in [-0.2, -0.15) is 4.31 Å². The molecule has 0 bridgehead atoms. The largest absolute Gasteiger partial charge is 0.473 e. The van der Waals surface area contributed by atoms with Gasteiger partial charge in [-0.3, -0.25) is 15.0 Å². The van der Waals surface area contributed by atoms with Crippen LogP contribution in [0.25, 0.3) is 0 Å². The van der Waals surface area contributed by atoms with Crippen molar-refractivity contribution >= 4 is 27.6 Å². The number of hydrogen-bond acceptors (Lipinski definition) is 7. The Morgan fingerprint density at radius 3 is 1.78 bits per heavy atom. The number of piperazine rings is 1. The maximum absolute atomic E-state index is 12.8. The fourth-order valence-electron chi connectivity index (χ4n) is 4.00. The zero-order valence-electron chi connectivity index (χ0n) is 17.8. The lowest BCUT2D eigenvalue weighted by Gasteiger charge is -2.39. The Hall–Kier alpha value is -2.57. The fourth-order valence-corrected chi connectivity index (χ4v) is 5.42. The maximum Gasteiger partial charge on any atom is 0.414 e. The molecule has 1 saturated heterocycles. The summed E-state index contributed by atoms with van der Waals surface area (Å²) in [7, 11) is -3.59. The van der Waals surface area contributed by atoms with Crippen molar-refractivity contribution in [3.05, 3.63) is 34.4 Å². The van der Waals surface area contributed by atoms with Crippen molar-refractivity contribution in [3.8, 4) is 0 Å². The van der Waals surface area contributed by atoms with Crippen LogP contribution in [0.5, 0.6) is 0 Å². The molecular formula is C20H29N3O8S. The first kappa shape index (κ1) is 25.7. The van der Waals surface area contributed by atoms with E-state index in [0.717, 1.165) is 13.1 Å². The van der Waals surface area contributed by atoms with Gasteiger partial charge in [0.1, 0.15) is 0 Å². The summed E-state index contributed by atoms with van der Waals surface area (Å²) in [5, 5.41) is 25.5. The second-order valence-electron chi connectivity index (χ2n) is 7.80. The van der Waals surface area contributed by atoms with Crippen molar-refractivity contribution in [1.82, 2.24) is 9.21 Å². The molecule has 2 fully saturated rings. The summed E-state index contributed by atoms with van der Waals surface area (Å²) in [6.45, 7) is 2.49. The topological polar surface area (TPSA) is 158 Å². The minimum Gasteiger partial charge on any atom is -0.473 e. The number of carboxylic acid groups (broad SMARTS) is 2. The second kappa shape index (κ2) is 11.9. The number of nitro groups is 1. The van der Waals surface area contributed by atoms with E-state index in [0.29, 0.717) is 19.1 Å². The van der Waals surface area contributed by atoms with E-state index in [1.165, 1.54) is 73.5 Å². The monoisotopic (exact) mass is 471 g/mol. The van der Waals surface area contributed by atoms with Crippen LogP contribution in [-0.2, 0) is 19.6 Å². The maximum atomic E-state index is 12.8. The van der Waals surface area contributed by atoms with Gasteiger partial charge in [0, 0.05) is 44.4 Å². The van der Waals surface area contributed by atoms with E-state index in [4.69, 9.17) is 19.8 Å². The molecule has 2 N–H and O–H groups in total. The molecule has 1 aromatic rings. The molecule has 0 atom stereocenters. The summed E-state index contributed by atoms with van der Waals surface area (Å²) in [6, 6.07) is 5.73. The van der Waals surface area contributed by atoms with Crippen molar-refractivity contribution in [3.63, 3.8) is 0 Å². The van der Waals surface area contributed by atoms with Gasteiger partial charge in [-0.1, -0.05) is 32.1 Å². The van der Waals surface area contributed by atoms with E-state index in [2.05, 4.69) is 4.90 Å². The van der Waals surface area contributed by atoms with E-state index in [-0.39, 0.29) is 10.6 Å². The van der Waals surface area contributed by atoms with E-state index >= 15 is 0 Å². The third-order valence-electron chi connectivity index (χ3n) is 5.73. The Bertz CT molecular complexity index is 876. The third-order valence-corrected chi connectivity index (χ3v) is 7.65. The van der Waals surface area contributed by atoms with E-state index in [1.807, 2.05) is 0 Å². The van der Waals surface area contributed by atoms with Gasteiger partial charge in [-0.15, -0.1) is 0 Å². The van der Waals surface area contributed by atoms with Gasteiger partial charge < -0.3 is 10.2 Å². The summed E-state index contributed by atoms with van der Waals surface area (Å²) in [5.74, 6) is -3.65. The van der Waals surface area contributed by atoms with Gasteiger partial charge in [0.15, 0.2) is 0 Å². The molecule has 2 aliphatic rings. The minimum absolute atomic E-state index is 0.0990. The predicted molar refractivity (Wildman–Crippen MR) is 115 cm³/mol. The van der Waals surface area contributed by atoms with Crippen LogP contribution < -0.4 is 0 Å². The molecule has 178 valence electrons. The highest BCUT2D eigenvalue weighted by atomic mass is 32.2. The zero-order valence-corrected chi connectivity index (χ0v) is 18.6. The van der Waals surface area contributed by atoms with Gasteiger partial charge in [-0.25, -0.2) is 18.0 Å². The Kier molecular flexibility index (Phi) is 9.54. The van der Waals surface area contributed by atoms with Gasteiger partial charge in [0.25, 0.3) is 5.69 Å². The van der Waals surface area contributed by atoms with Crippen molar-refractivity contribution in [2.45, 2.75) is 55.9 Å². The van der Waals surface area contributed by atoms with E-state index < -0.39 is 26.9 Å². The summed E-state index contributed by atoms with van der Waals surface area (Å²) in [6.07, 6.45) is 8.94. The number of benzene rings is 1. The average molecular weight is 472 g/mol. The lowest BCUT2D eigenvalue weighted by Crippen LogP contribution is -2.51. The van der Waals surface area contributed by atoms with Crippen LogP contribution in [0.4, 0.5) is 5.69 Å². The first-order valence-electron chi connectivity index (χ1n) is 10.6. The molecule has 0 spiro atoms. The number of nitrogens with zero attached hydrogens (tertiary/aromatic N) is 3. The van der Waals surface area contributed by atoms with Crippen LogP contribution in [0.3, 0.4) is 0 Å². The van der Waals surface area contributed by atoms with Gasteiger partial charge in [-0.05, 0) is 25.0 Å². The summed E-state index contributed by atoms with van der Waals surface area (Å²) >= 11 is 0. The van der Waals surface area contributed by atoms with Crippen LogP contribution >= 0.6 is 0 Å². The summed E-state index contributed by atoms with van der Waals surface area (Å²) in [5.41, 5.74) is -0.0990. The molecule has 0 radical (unpaired) electrons. The second-order valence-corrected chi connectivity index (χ2v) is 9.74. The third kappa shape index (κ3) is 7.24. The SMILES string of the molecule is O=C(O)C(=O)O.O=[N+]([O-])c1ccc(S(=O)(=O)N2CCN(C3CCCCCCC3)CC2)cc1. The number of carbonyl (C=O) groups is 2. The van der Waals surface area contributed by atoms with Crippen molar-refractivity contribution in [2.24, 2.45) is 0 Å². The van der Waals surface area contributed by atoms with E-state index in [1.54, 1.807) is 0 Å². The standard InChI is InChI=1S/C18H27N3O4S.C2H2O4/c22-21(23)17-8-10-18(11-9-17)26(24,25)20-14-12-19(13-15-20)16-6-4-2-1-3-5-7-16;3-1(4)2(5)6/h8-11,16H,1-7,12-15H2;(H,3,4)(H,5,6). The van der Waals surface area contributed by atoms with Gasteiger partial charge in [0.05, 0.1) is 9.82 Å². The van der Waals surface area contributed by atoms with Crippen LogP contribution in [-0.4, -0.2) is 76.9 Å². The molecule has 0 amide bonds. The Labute approximate surface area is 186 Å². The molecule has 11 nitrogen and oxygen atoms in total. The minimum atomic E-state index is -3.59. The molecule has 1 aliphatic carbocycles. The smallest absolute Gasteiger partial charge is 0.414 e. The number of nitro benzene ring substituents is 1. The highest BCUT2D eigenvalue weighted by molar-refractivity contribution is 7.89. The van der Waals surface area contributed by atoms with Crippen molar-refractivity contribution in [1.29, 1.82) is 0 Å². The predicted octanol–water partition coefficient (Wildman–Crippen LogP) is 2.17. The van der Waals surface area contributed by atoms with Crippen LogP contribution in [0.15, 0.2) is 29.2 Å². The van der Waals surface area contributed by atoms with Crippen molar-refractivity contribution < 1.29 is 33.1 Å². The van der Waals surface area contributed by atoms with Crippen LogP contribution in [0.2, 0.25) is 0 Å². The molecule has 1 aromatic carbocycles. The average Bonchev–Trinajstić information content (AvgIpc) is 2.74. The lowest BCUT2D eigenvalue weighted by atomic mass is 9.95. The summed E-state index contributed by atoms with van der Waals surface area (Å²) < 4.78 is 27.1. The summed E-state index contributed by atoms with van der Waals surface area (Å²) in [4.78, 5) is 31.0. The van der Waals surface area contributed by atoms with Crippen LogP contribution in [0, 0.1) is 10.1 Å². The Morgan fingerprint density at radius 1 is 0.875 bits per heavy atom. The lowest BCUT2D eigenvalue weighted by molar-refractivity contribution is -0.384. The van der Waals surface area contributed by atoms with E-state index in [9.17, 15) is 18.5 Å². The molecule has 1 saturated carbocycles. The Balaban J connectivity index is 0.000000534.